The lowest BCUT2D eigenvalue weighted by molar-refractivity contribution is 0.284. The Hall–Kier alpha value is -0.180. The normalized spacial score (nSPS) is 26.5. The molecule has 1 atom stereocenters. The molecule has 1 heterocycles. The minimum absolute atomic E-state index is 0.377. The zero-order valence-corrected chi connectivity index (χ0v) is 13.0. The van der Waals surface area contributed by atoms with Crippen molar-refractivity contribution in [3.05, 3.63) is 0 Å². The van der Waals surface area contributed by atoms with Crippen LogP contribution >= 0.6 is 11.8 Å². The van der Waals surface area contributed by atoms with Gasteiger partial charge in [0, 0.05) is 18.3 Å². The quantitative estimate of drug-likeness (QED) is 0.834. The highest BCUT2D eigenvalue weighted by Gasteiger charge is 2.27. The van der Waals surface area contributed by atoms with Crippen molar-refractivity contribution in [1.82, 2.24) is 5.32 Å². The van der Waals surface area contributed by atoms with E-state index < -0.39 is 0 Å². The van der Waals surface area contributed by atoms with Crippen LogP contribution < -0.4 is 5.32 Å². The Balaban J connectivity index is 1.88. The molecular weight excluding hydrogens is 240 g/mol. The first-order chi connectivity index (χ1) is 8.61. The summed E-state index contributed by atoms with van der Waals surface area (Å²) >= 11 is 1.92. The minimum Gasteiger partial charge on any atom is -0.362 e. The van der Waals surface area contributed by atoms with Gasteiger partial charge in [-0.1, -0.05) is 51.8 Å². The van der Waals surface area contributed by atoms with E-state index in [1.165, 1.54) is 49.4 Å². The van der Waals surface area contributed by atoms with Gasteiger partial charge in [0.05, 0.1) is 0 Å². The van der Waals surface area contributed by atoms with E-state index in [1.807, 2.05) is 11.8 Å². The van der Waals surface area contributed by atoms with E-state index in [0.29, 0.717) is 11.5 Å². The van der Waals surface area contributed by atoms with Crippen molar-refractivity contribution in [3.8, 4) is 0 Å². The highest BCUT2D eigenvalue weighted by molar-refractivity contribution is 8.13. The Morgan fingerprint density at radius 2 is 2.06 bits per heavy atom. The van der Waals surface area contributed by atoms with E-state index in [1.54, 1.807) is 0 Å². The van der Waals surface area contributed by atoms with Crippen molar-refractivity contribution >= 4 is 16.9 Å². The second-order valence-electron chi connectivity index (χ2n) is 6.63. The molecule has 0 aromatic heterocycles. The molecule has 0 bridgehead atoms. The molecule has 1 aliphatic carbocycles. The monoisotopic (exact) mass is 268 g/mol. The molecule has 1 N–H and O–H groups in total. The van der Waals surface area contributed by atoms with Gasteiger partial charge >= 0.3 is 0 Å². The standard InChI is InChI=1S/C15H28N2S/c1-4-13(12-8-6-5-7-9-12)17-14-16-10-15(2,3)11-18-14/h12-13H,4-11H2,1-3H3,(H,16,17). The van der Waals surface area contributed by atoms with E-state index in [0.717, 1.165) is 12.5 Å². The van der Waals surface area contributed by atoms with Gasteiger partial charge < -0.3 is 5.32 Å². The van der Waals surface area contributed by atoms with Crippen molar-refractivity contribution in [3.63, 3.8) is 0 Å². The van der Waals surface area contributed by atoms with Crippen molar-refractivity contribution in [1.29, 1.82) is 0 Å². The SMILES string of the molecule is CCC(NC1=NCC(C)(C)CS1)C1CCCCC1. The second kappa shape index (κ2) is 6.31. The van der Waals surface area contributed by atoms with E-state index in [4.69, 9.17) is 4.99 Å². The lowest BCUT2D eigenvalue weighted by atomic mass is 9.83. The van der Waals surface area contributed by atoms with Crippen LogP contribution in [0.25, 0.3) is 0 Å². The van der Waals surface area contributed by atoms with Crippen molar-refractivity contribution in [2.75, 3.05) is 12.3 Å². The molecule has 2 aliphatic rings. The number of amidine groups is 1. The van der Waals surface area contributed by atoms with Crippen LogP contribution in [-0.4, -0.2) is 23.5 Å². The van der Waals surface area contributed by atoms with E-state index in [-0.39, 0.29) is 0 Å². The van der Waals surface area contributed by atoms with Crippen LogP contribution in [0.2, 0.25) is 0 Å². The number of rotatable bonds is 3. The average Bonchev–Trinajstić information content (AvgIpc) is 2.39. The zero-order valence-electron chi connectivity index (χ0n) is 12.2. The molecule has 104 valence electrons. The summed E-state index contributed by atoms with van der Waals surface area (Å²) in [6, 6.07) is 0.651. The van der Waals surface area contributed by atoms with Gasteiger partial charge in [0.1, 0.15) is 0 Å². The largest absolute Gasteiger partial charge is 0.362 e. The van der Waals surface area contributed by atoms with Crippen LogP contribution in [0.1, 0.15) is 59.3 Å². The molecule has 2 rings (SSSR count). The van der Waals surface area contributed by atoms with Crippen molar-refractivity contribution in [2.45, 2.75) is 65.3 Å². The predicted molar refractivity (Wildman–Crippen MR) is 82.3 cm³/mol. The Morgan fingerprint density at radius 3 is 2.61 bits per heavy atom. The molecule has 0 saturated heterocycles. The highest BCUT2D eigenvalue weighted by Crippen LogP contribution is 2.30. The topological polar surface area (TPSA) is 24.4 Å². The molecule has 18 heavy (non-hydrogen) atoms. The van der Waals surface area contributed by atoms with Crippen LogP contribution in [0.15, 0.2) is 4.99 Å². The maximum Gasteiger partial charge on any atom is 0.156 e. The fourth-order valence-corrected chi connectivity index (χ4v) is 3.99. The molecule has 0 aromatic rings. The third kappa shape index (κ3) is 3.91. The summed E-state index contributed by atoms with van der Waals surface area (Å²) < 4.78 is 0. The zero-order chi connectivity index (χ0) is 13.0. The van der Waals surface area contributed by atoms with Crippen LogP contribution in [0.5, 0.6) is 0 Å². The Morgan fingerprint density at radius 1 is 1.33 bits per heavy atom. The summed E-state index contributed by atoms with van der Waals surface area (Å²) in [7, 11) is 0. The number of thioether (sulfide) groups is 1. The van der Waals surface area contributed by atoms with Gasteiger partial charge in [-0.3, -0.25) is 4.99 Å². The third-order valence-corrected chi connectivity index (χ3v) is 5.66. The molecule has 1 saturated carbocycles. The molecule has 0 radical (unpaired) electrons. The van der Waals surface area contributed by atoms with E-state index in [9.17, 15) is 0 Å². The smallest absolute Gasteiger partial charge is 0.156 e. The van der Waals surface area contributed by atoms with Gasteiger partial charge in [0.25, 0.3) is 0 Å². The summed E-state index contributed by atoms with van der Waals surface area (Å²) in [5, 5.41) is 4.93. The van der Waals surface area contributed by atoms with Gasteiger partial charge in [0.2, 0.25) is 0 Å². The van der Waals surface area contributed by atoms with Crippen LogP contribution in [0.3, 0.4) is 0 Å². The summed E-state index contributed by atoms with van der Waals surface area (Å²) in [5.41, 5.74) is 0.377. The number of aliphatic imine (C=N–C) groups is 1. The Bertz CT molecular complexity index is 293. The fourth-order valence-electron chi connectivity index (χ4n) is 2.98. The summed E-state index contributed by atoms with van der Waals surface area (Å²) in [5.74, 6) is 2.07. The van der Waals surface area contributed by atoms with Crippen LogP contribution in [0, 0.1) is 11.3 Å². The summed E-state index contributed by atoms with van der Waals surface area (Å²) in [6.07, 6.45) is 8.35. The molecule has 0 spiro atoms. The van der Waals surface area contributed by atoms with Gasteiger partial charge in [-0.25, -0.2) is 0 Å². The summed E-state index contributed by atoms with van der Waals surface area (Å²) in [6.45, 7) is 7.89. The Labute approximate surface area is 116 Å². The molecule has 0 aromatic carbocycles. The highest BCUT2D eigenvalue weighted by atomic mass is 32.2. The Kier molecular flexibility index (Phi) is 4.99. The number of hydrogen-bond acceptors (Lipinski definition) is 3. The molecule has 1 unspecified atom stereocenters. The average molecular weight is 268 g/mol. The van der Waals surface area contributed by atoms with Crippen molar-refractivity contribution < 1.29 is 0 Å². The first kappa shape index (κ1) is 14.2. The molecule has 2 nitrogen and oxygen atoms in total. The van der Waals surface area contributed by atoms with Crippen molar-refractivity contribution in [2.24, 2.45) is 16.3 Å². The molecule has 0 amide bonds. The maximum absolute atomic E-state index is 4.73. The first-order valence-corrected chi connectivity index (χ1v) is 8.53. The fraction of sp³-hybridized carbons (Fsp3) is 0.933. The molecular formula is C15H28N2S. The number of nitrogens with zero attached hydrogens (tertiary/aromatic N) is 1. The first-order valence-electron chi connectivity index (χ1n) is 7.54. The lowest BCUT2D eigenvalue weighted by Gasteiger charge is -2.33. The summed E-state index contributed by atoms with van der Waals surface area (Å²) in [4.78, 5) is 4.73. The van der Waals surface area contributed by atoms with Gasteiger partial charge in [-0.2, -0.15) is 0 Å². The van der Waals surface area contributed by atoms with E-state index in [2.05, 4.69) is 26.1 Å². The number of hydrogen-bond donors (Lipinski definition) is 1. The number of nitrogens with one attached hydrogen (secondary N) is 1. The minimum atomic E-state index is 0.377. The third-order valence-electron chi connectivity index (χ3n) is 4.22. The van der Waals surface area contributed by atoms with Gasteiger partial charge in [0.15, 0.2) is 5.17 Å². The molecule has 3 heteroatoms. The van der Waals surface area contributed by atoms with E-state index >= 15 is 0 Å². The van der Waals surface area contributed by atoms with Crippen LogP contribution in [0.4, 0.5) is 0 Å². The maximum atomic E-state index is 4.73. The van der Waals surface area contributed by atoms with Gasteiger partial charge in [-0.15, -0.1) is 0 Å². The lowest BCUT2D eigenvalue weighted by Crippen LogP contribution is -2.41. The predicted octanol–water partition coefficient (Wildman–Crippen LogP) is 4.06. The van der Waals surface area contributed by atoms with Gasteiger partial charge in [-0.05, 0) is 30.6 Å². The van der Waals surface area contributed by atoms with Crippen LogP contribution in [-0.2, 0) is 0 Å². The molecule has 1 fully saturated rings. The second-order valence-corrected chi connectivity index (χ2v) is 7.60. The molecule has 1 aliphatic heterocycles.